The van der Waals surface area contributed by atoms with Gasteiger partial charge in [-0.2, -0.15) is 0 Å². The average molecular weight is 350 g/mol. The number of nitrogens with one attached hydrogen (secondary N) is 2. The molecule has 1 aliphatic carbocycles. The first-order chi connectivity index (χ1) is 12.1. The van der Waals surface area contributed by atoms with Crippen LogP contribution in [0.25, 0.3) is 0 Å². The normalized spacial score (nSPS) is 13.6. The Hall–Kier alpha value is -2.44. The maximum atomic E-state index is 12.4. The van der Waals surface area contributed by atoms with Crippen molar-refractivity contribution in [2.24, 2.45) is 5.92 Å². The van der Waals surface area contributed by atoms with Crippen molar-refractivity contribution in [2.75, 3.05) is 19.8 Å². The molecule has 0 bridgehead atoms. The summed E-state index contributed by atoms with van der Waals surface area (Å²) in [4.78, 5) is 24.2. The molecular formula is C18H26N2O5. The van der Waals surface area contributed by atoms with Crippen LogP contribution in [0.15, 0.2) is 12.1 Å². The smallest absolute Gasteiger partial charge is 0.269 e. The minimum absolute atomic E-state index is 0.00129. The molecule has 0 heterocycles. The highest BCUT2D eigenvalue weighted by Crippen LogP contribution is 2.39. The number of carbonyl (C=O) groups is 2. The largest absolute Gasteiger partial charge is 0.490 e. The van der Waals surface area contributed by atoms with Crippen LogP contribution in [-0.2, 0) is 4.79 Å². The molecule has 0 unspecified atom stereocenters. The molecule has 1 aromatic carbocycles. The molecule has 7 heteroatoms. The highest BCUT2D eigenvalue weighted by molar-refractivity contribution is 5.96. The first-order valence-electron chi connectivity index (χ1n) is 8.77. The van der Waals surface area contributed by atoms with Gasteiger partial charge in [0.1, 0.15) is 0 Å². The molecule has 1 fully saturated rings. The van der Waals surface area contributed by atoms with E-state index in [9.17, 15) is 9.59 Å². The summed E-state index contributed by atoms with van der Waals surface area (Å²) in [6.07, 6.45) is 2.79. The quantitative estimate of drug-likeness (QED) is 0.703. The van der Waals surface area contributed by atoms with E-state index in [0.29, 0.717) is 42.6 Å². The van der Waals surface area contributed by atoms with Crippen LogP contribution in [0.3, 0.4) is 0 Å². The summed E-state index contributed by atoms with van der Waals surface area (Å²) in [7, 11) is 0. The van der Waals surface area contributed by atoms with Crippen LogP contribution in [0.1, 0.15) is 50.4 Å². The Labute approximate surface area is 148 Å². The number of amides is 2. The van der Waals surface area contributed by atoms with Crippen molar-refractivity contribution in [1.29, 1.82) is 0 Å². The third-order valence-corrected chi connectivity index (χ3v) is 3.95. The van der Waals surface area contributed by atoms with Gasteiger partial charge < -0.3 is 14.2 Å². The Balaban J connectivity index is 2.16. The molecule has 0 radical (unpaired) electrons. The van der Waals surface area contributed by atoms with Crippen molar-refractivity contribution >= 4 is 11.8 Å². The van der Waals surface area contributed by atoms with Gasteiger partial charge in [0, 0.05) is 11.5 Å². The molecule has 0 aliphatic heterocycles. The van der Waals surface area contributed by atoms with Crippen molar-refractivity contribution in [3.05, 3.63) is 17.7 Å². The van der Waals surface area contributed by atoms with Gasteiger partial charge in [0.2, 0.25) is 11.7 Å². The van der Waals surface area contributed by atoms with E-state index in [4.69, 9.17) is 14.2 Å². The number of hydrazine groups is 1. The first kappa shape index (κ1) is 18.9. The fraction of sp³-hybridized carbons (Fsp3) is 0.556. The minimum Gasteiger partial charge on any atom is -0.490 e. The molecule has 0 spiro atoms. The Morgan fingerprint density at radius 1 is 0.960 bits per heavy atom. The third kappa shape index (κ3) is 4.78. The summed E-state index contributed by atoms with van der Waals surface area (Å²) in [5, 5.41) is 0. The molecule has 2 rings (SSSR count). The van der Waals surface area contributed by atoms with Crippen LogP contribution in [-0.4, -0.2) is 31.6 Å². The maximum absolute atomic E-state index is 12.4. The first-order valence-corrected chi connectivity index (χ1v) is 8.77. The van der Waals surface area contributed by atoms with Crippen molar-refractivity contribution in [2.45, 2.75) is 40.0 Å². The Morgan fingerprint density at radius 2 is 1.52 bits per heavy atom. The standard InChI is InChI=1S/C18H26N2O5/c1-4-23-14-10-13(11-15(24-5-2)16(14)25-6-3)18(22)20-19-17(21)12-8-7-9-12/h10-12H,4-9H2,1-3H3,(H,19,21)(H,20,22). The monoisotopic (exact) mass is 350 g/mol. The molecule has 25 heavy (non-hydrogen) atoms. The second-order valence-corrected chi connectivity index (χ2v) is 5.67. The predicted molar refractivity (Wildman–Crippen MR) is 92.9 cm³/mol. The van der Waals surface area contributed by atoms with Crippen LogP contribution >= 0.6 is 0 Å². The number of rotatable bonds is 8. The summed E-state index contributed by atoms with van der Waals surface area (Å²) in [6, 6.07) is 3.17. The van der Waals surface area contributed by atoms with E-state index in [1.54, 1.807) is 12.1 Å². The van der Waals surface area contributed by atoms with Gasteiger partial charge in [0.25, 0.3) is 5.91 Å². The van der Waals surface area contributed by atoms with Gasteiger partial charge in [0.05, 0.1) is 19.8 Å². The molecule has 2 amide bonds. The van der Waals surface area contributed by atoms with Gasteiger partial charge in [0.15, 0.2) is 11.5 Å². The molecule has 2 N–H and O–H groups in total. The number of carbonyl (C=O) groups excluding carboxylic acids is 2. The van der Waals surface area contributed by atoms with Crippen molar-refractivity contribution in [3.8, 4) is 17.2 Å². The maximum Gasteiger partial charge on any atom is 0.269 e. The second-order valence-electron chi connectivity index (χ2n) is 5.67. The molecule has 1 aromatic rings. The molecule has 7 nitrogen and oxygen atoms in total. The van der Waals surface area contributed by atoms with E-state index < -0.39 is 5.91 Å². The number of hydrogen-bond donors (Lipinski definition) is 2. The number of benzene rings is 1. The molecule has 0 aromatic heterocycles. The SMILES string of the molecule is CCOc1cc(C(=O)NNC(=O)C2CCC2)cc(OCC)c1OCC. The zero-order valence-corrected chi connectivity index (χ0v) is 15.0. The third-order valence-electron chi connectivity index (χ3n) is 3.95. The molecule has 1 aliphatic rings. The van der Waals surface area contributed by atoms with Gasteiger partial charge in [-0.25, -0.2) is 0 Å². The van der Waals surface area contributed by atoms with E-state index >= 15 is 0 Å². The highest BCUT2D eigenvalue weighted by atomic mass is 16.5. The van der Waals surface area contributed by atoms with E-state index in [1.807, 2.05) is 20.8 Å². The topological polar surface area (TPSA) is 85.9 Å². The van der Waals surface area contributed by atoms with E-state index in [0.717, 1.165) is 19.3 Å². The summed E-state index contributed by atoms with van der Waals surface area (Å²) < 4.78 is 16.8. The van der Waals surface area contributed by atoms with E-state index in [1.165, 1.54) is 0 Å². The zero-order valence-electron chi connectivity index (χ0n) is 15.0. The van der Waals surface area contributed by atoms with Crippen LogP contribution in [0.2, 0.25) is 0 Å². The predicted octanol–water partition coefficient (Wildman–Crippen LogP) is 2.44. The van der Waals surface area contributed by atoms with Gasteiger partial charge in [-0.1, -0.05) is 6.42 Å². The van der Waals surface area contributed by atoms with E-state index in [-0.39, 0.29) is 11.8 Å². The van der Waals surface area contributed by atoms with Gasteiger partial charge in [-0.15, -0.1) is 0 Å². The Bertz CT molecular complexity index is 586. The lowest BCUT2D eigenvalue weighted by atomic mass is 9.85. The van der Waals surface area contributed by atoms with Crippen molar-refractivity contribution in [3.63, 3.8) is 0 Å². The summed E-state index contributed by atoms with van der Waals surface area (Å²) in [5.41, 5.74) is 5.25. The minimum atomic E-state index is -0.433. The molecule has 138 valence electrons. The fourth-order valence-electron chi connectivity index (χ4n) is 2.48. The van der Waals surface area contributed by atoms with Gasteiger partial charge in [-0.05, 0) is 45.7 Å². The van der Waals surface area contributed by atoms with Crippen molar-refractivity contribution in [1.82, 2.24) is 10.9 Å². The lowest BCUT2D eigenvalue weighted by molar-refractivity contribution is -0.128. The highest BCUT2D eigenvalue weighted by Gasteiger charge is 2.25. The van der Waals surface area contributed by atoms with Gasteiger partial charge >= 0.3 is 0 Å². The molecular weight excluding hydrogens is 324 g/mol. The zero-order chi connectivity index (χ0) is 18.2. The van der Waals surface area contributed by atoms with E-state index in [2.05, 4.69) is 10.9 Å². The lowest BCUT2D eigenvalue weighted by Gasteiger charge is -2.24. The second kappa shape index (κ2) is 9.15. The molecule has 0 atom stereocenters. The summed E-state index contributed by atoms with van der Waals surface area (Å²) >= 11 is 0. The summed E-state index contributed by atoms with van der Waals surface area (Å²) in [5.74, 6) is 0.759. The average Bonchev–Trinajstić information content (AvgIpc) is 2.54. The van der Waals surface area contributed by atoms with Crippen LogP contribution in [0, 0.1) is 5.92 Å². The van der Waals surface area contributed by atoms with Crippen LogP contribution < -0.4 is 25.1 Å². The summed E-state index contributed by atoms with van der Waals surface area (Å²) in [6.45, 7) is 6.86. The number of hydrogen-bond acceptors (Lipinski definition) is 5. The van der Waals surface area contributed by atoms with Gasteiger partial charge in [-0.3, -0.25) is 20.4 Å². The van der Waals surface area contributed by atoms with Crippen molar-refractivity contribution < 1.29 is 23.8 Å². The fourth-order valence-corrected chi connectivity index (χ4v) is 2.48. The molecule has 1 saturated carbocycles. The Kier molecular flexibility index (Phi) is 6.91. The number of ether oxygens (including phenoxy) is 3. The van der Waals surface area contributed by atoms with Crippen LogP contribution in [0.4, 0.5) is 0 Å². The lowest BCUT2D eigenvalue weighted by Crippen LogP contribution is -2.46. The Morgan fingerprint density at radius 3 is 1.96 bits per heavy atom. The van der Waals surface area contributed by atoms with Crippen LogP contribution in [0.5, 0.6) is 17.2 Å². The molecule has 0 saturated heterocycles.